The molecule has 4 heteroatoms. The van der Waals surface area contributed by atoms with Gasteiger partial charge in [0.2, 0.25) is 0 Å². The van der Waals surface area contributed by atoms with E-state index in [-0.39, 0.29) is 12.1 Å². The highest BCUT2D eigenvalue weighted by atomic mass is 16.5. The molecule has 0 aliphatic rings. The Morgan fingerprint density at radius 1 is 1.62 bits per heavy atom. The monoisotopic (exact) mass is 225 g/mol. The molecule has 1 unspecified atom stereocenters. The summed E-state index contributed by atoms with van der Waals surface area (Å²) in [4.78, 5) is 14.6. The van der Waals surface area contributed by atoms with Crippen LogP contribution in [-0.2, 0) is 23.0 Å². The van der Waals surface area contributed by atoms with Crippen molar-refractivity contribution >= 4 is 5.97 Å². The number of esters is 1. The third kappa shape index (κ3) is 4.04. The zero-order valence-electron chi connectivity index (χ0n) is 10.3. The second-order valence-corrected chi connectivity index (χ2v) is 4.14. The van der Waals surface area contributed by atoms with Gasteiger partial charge in [-0.05, 0) is 13.3 Å². The van der Waals surface area contributed by atoms with E-state index in [0.717, 1.165) is 25.1 Å². The van der Waals surface area contributed by atoms with E-state index in [4.69, 9.17) is 4.74 Å². The van der Waals surface area contributed by atoms with Gasteiger partial charge in [0.05, 0.1) is 13.2 Å². The minimum atomic E-state index is -0.165. The molecule has 0 fully saturated rings. The molecule has 1 N–H and O–H groups in total. The van der Waals surface area contributed by atoms with E-state index in [1.54, 1.807) is 0 Å². The standard InChI is InChI=1S/C12H20N2O2/c1-4-5-6-10(2)16-12(15)9-11-13-7-8-14(11)3/h7-8,10H,4-6,9H2,1-3H3/p+1. The lowest BCUT2D eigenvalue weighted by Crippen LogP contribution is -2.32. The van der Waals surface area contributed by atoms with Crippen molar-refractivity contribution in [3.63, 3.8) is 0 Å². The zero-order chi connectivity index (χ0) is 12.0. The fraction of sp³-hybridized carbons (Fsp3) is 0.667. The summed E-state index contributed by atoms with van der Waals surface area (Å²) in [6.07, 6.45) is 7.19. The minimum absolute atomic E-state index is 0.0210. The number of hydrogen-bond acceptors (Lipinski definition) is 2. The third-order valence-electron chi connectivity index (χ3n) is 2.58. The quantitative estimate of drug-likeness (QED) is 0.589. The number of ether oxygens (including phenoxy) is 1. The van der Waals surface area contributed by atoms with Gasteiger partial charge in [-0.1, -0.05) is 19.8 Å². The molecule has 0 amide bonds. The van der Waals surface area contributed by atoms with E-state index in [1.807, 2.05) is 30.9 Å². The van der Waals surface area contributed by atoms with Crippen LogP contribution in [0.25, 0.3) is 0 Å². The second kappa shape index (κ2) is 6.30. The molecular formula is C12H21N2O2+. The topological polar surface area (TPSA) is 46.0 Å². The maximum atomic E-state index is 11.6. The number of unbranched alkanes of at least 4 members (excludes halogenated alkanes) is 1. The fourth-order valence-electron chi connectivity index (χ4n) is 1.57. The van der Waals surface area contributed by atoms with Crippen LogP contribution in [0.3, 0.4) is 0 Å². The molecule has 90 valence electrons. The lowest BCUT2D eigenvalue weighted by atomic mass is 10.2. The molecule has 1 aromatic rings. The molecule has 0 aromatic carbocycles. The molecule has 1 atom stereocenters. The summed E-state index contributed by atoms with van der Waals surface area (Å²) in [5.74, 6) is 0.703. The average molecular weight is 225 g/mol. The van der Waals surface area contributed by atoms with E-state index in [1.165, 1.54) is 0 Å². The first-order valence-electron chi connectivity index (χ1n) is 5.84. The average Bonchev–Trinajstić information content (AvgIpc) is 2.61. The summed E-state index contributed by atoms with van der Waals surface area (Å²) in [6, 6.07) is 0. The Labute approximate surface area is 96.6 Å². The molecule has 0 saturated heterocycles. The molecule has 0 radical (unpaired) electrons. The van der Waals surface area contributed by atoms with E-state index in [9.17, 15) is 4.79 Å². The zero-order valence-corrected chi connectivity index (χ0v) is 10.3. The highest BCUT2D eigenvalue weighted by molar-refractivity contribution is 5.71. The van der Waals surface area contributed by atoms with Crippen molar-refractivity contribution in [1.82, 2.24) is 4.98 Å². The van der Waals surface area contributed by atoms with Crippen molar-refractivity contribution in [2.24, 2.45) is 7.05 Å². The van der Waals surface area contributed by atoms with Crippen LogP contribution in [-0.4, -0.2) is 17.1 Å². The van der Waals surface area contributed by atoms with Gasteiger partial charge in [-0.2, -0.15) is 0 Å². The maximum absolute atomic E-state index is 11.6. The molecule has 0 aliphatic carbocycles. The lowest BCUT2D eigenvalue weighted by molar-refractivity contribution is -0.677. The van der Waals surface area contributed by atoms with Crippen LogP contribution in [0.2, 0.25) is 0 Å². The van der Waals surface area contributed by atoms with Gasteiger partial charge < -0.3 is 4.74 Å². The second-order valence-electron chi connectivity index (χ2n) is 4.14. The molecule has 1 heterocycles. The largest absolute Gasteiger partial charge is 0.462 e. The summed E-state index contributed by atoms with van der Waals surface area (Å²) in [5.41, 5.74) is 0. The van der Waals surface area contributed by atoms with Crippen molar-refractivity contribution in [1.29, 1.82) is 0 Å². The molecule has 0 aliphatic heterocycles. The molecule has 0 spiro atoms. The first kappa shape index (κ1) is 12.7. The van der Waals surface area contributed by atoms with E-state index in [2.05, 4.69) is 11.9 Å². The summed E-state index contributed by atoms with van der Waals surface area (Å²) in [5, 5.41) is 0. The Hall–Kier alpha value is -1.32. The van der Waals surface area contributed by atoms with Crippen molar-refractivity contribution in [3.05, 3.63) is 18.2 Å². The van der Waals surface area contributed by atoms with Crippen LogP contribution >= 0.6 is 0 Å². The predicted molar refractivity (Wildman–Crippen MR) is 60.8 cm³/mol. The fourth-order valence-corrected chi connectivity index (χ4v) is 1.57. The Bertz CT molecular complexity index is 334. The van der Waals surface area contributed by atoms with Crippen LogP contribution < -0.4 is 4.57 Å². The Morgan fingerprint density at radius 3 is 2.94 bits per heavy atom. The van der Waals surface area contributed by atoms with Gasteiger partial charge in [-0.15, -0.1) is 0 Å². The number of imidazole rings is 1. The molecular weight excluding hydrogens is 204 g/mol. The summed E-state index contributed by atoms with van der Waals surface area (Å²) >= 11 is 0. The Kier molecular flexibility index (Phi) is 5.02. The molecule has 16 heavy (non-hydrogen) atoms. The van der Waals surface area contributed by atoms with Gasteiger partial charge in [0.15, 0.2) is 0 Å². The number of aromatic amines is 1. The SMILES string of the molecule is CCCCC(C)OC(=O)Cc1[nH]cc[n+]1C. The molecule has 0 bridgehead atoms. The predicted octanol–water partition coefficient (Wildman–Crippen LogP) is 1.50. The van der Waals surface area contributed by atoms with Crippen molar-refractivity contribution in [2.45, 2.75) is 45.6 Å². The Balaban J connectivity index is 2.33. The number of nitrogens with zero attached hydrogens (tertiary/aromatic N) is 1. The van der Waals surface area contributed by atoms with Crippen LogP contribution in [0.1, 0.15) is 38.9 Å². The lowest BCUT2D eigenvalue weighted by Gasteiger charge is -2.11. The first-order valence-corrected chi connectivity index (χ1v) is 5.84. The number of carbonyl (C=O) groups excluding carboxylic acids is 1. The molecule has 1 aromatic heterocycles. The number of nitrogens with one attached hydrogen (secondary N) is 1. The van der Waals surface area contributed by atoms with Crippen molar-refractivity contribution < 1.29 is 14.1 Å². The highest BCUT2D eigenvalue weighted by Gasteiger charge is 2.16. The number of H-pyrrole nitrogens is 1. The minimum Gasteiger partial charge on any atom is -0.462 e. The molecule has 4 nitrogen and oxygen atoms in total. The number of aryl methyl sites for hydroxylation is 1. The highest BCUT2D eigenvalue weighted by Crippen LogP contribution is 2.05. The van der Waals surface area contributed by atoms with Crippen LogP contribution in [0, 0.1) is 0 Å². The third-order valence-corrected chi connectivity index (χ3v) is 2.58. The van der Waals surface area contributed by atoms with E-state index >= 15 is 0 Å². The van der Waals surface area contributed by atoms with Crippen molar-refractivity contribution in [2.75, 3.05) is 0 Å². The first-order chi connectivity index (χ1) is 7.63. The van der Waals surface area contributed by atoms with Crippen LogP contribution in [0.5, 0.6) is 0 Å². The molecule has 1 rings (SSSR count). The number of rotatable bonds is 6. The Morgan fingerprint density at radius 2 is 2.38 bits per heavy atom. The van der Waals surface area contributed by atoms with Gasteiger partial charge in [-0.3, -0.25) is 4.79 Å². The number of aromatic nitrogens is 2. The smallest absolute Gasteiger partial charge is 0.318 e. The van der Waals surface area contributed by atoms with Crippen LogP contribution in [0.4, 0.5) is 0 Å². The number of hydrogen-bond donors (Lipinski definition) is 1. The number of carbonyl (C=O) groups is 1. The van der Waals surface area contributed by atoms with Crippen LogP contribution in [0.15, 0.2) is 12.4 Å². The normalized spacial score (nSPS) is 12.4. The van der Waals surface area contributed by atoms with Gasteiger partial charge in [0.1, 0.15) is 18.8 Å². The molecule has 0 saturated carbocycles. The summed E-state index contributed by atoms with van der Waals surface area (Å²) < 4.78 is 7.20. The maximum Gasteiger partial charge on any atom is 0.318 e. The van der Waals surface area contributed by atoms with Crippen molar-refractivity contribution in [3.8, 4) is 0 Å². The van der Waals surface area contributed by atoms with Gasteiger partial charge in [0, 0.05) is 0 Å². The van der Waals surface area contributed by atoms with E-state index < -0.39 is 0 Å². The van der Waals surface area contributed by atoms with Gasteiger partial charge in [-0.25, -0.2) is 9.55 Å². The summed E-state index contributed by atoms with van der Waals surface area (Å²) in [6.45, 7) is 4.08. The van der Waals surface area contributed by atoms with E-state index in [0.29, 0.717) is 6.42 Å². The van der Waals surface area contributed by atoms with Gasteiger partial charge in [0.25, 0.3) is 5.82 Å². The van der Waals surface area contributed by atoms with Gasteiger partial charge >= 0.3 is 5.97 Å². The summed E-state index contributed by atoms with van der Waals surface area (Å²) in [7, 11) is 1.90.